The molecule has 3 rings (SSSR count). The predicted molar refractivity (Wildman–Crippen MR) is 81.2 cm³/mol. The monoisotopic (exact) mass is 374 g/mol. The van der Waals surface area contributed by atoms with E-state index in [-0.39, 0.29) is 23.5 Å². The van der Waals surface area contributed by atoms with Crippen molar-refractivity contribution < 1.29 is 13.2 Å². The maximum atomic E-state index is 12.7. The number of benzene rings is 1. The van der Waals surface area contributed by atoms with Gasteiger partial charge in [0.1, 0.15) is 0 Å². The quantitative estimate of drug-likeness (QED) is 0.733. The highest BCUT2D eigenvalue weighted by atomic mass is 79.9. The van der Waals surface area contributed by atoms with E-state index in [2.05, 4.69) is 21.2 Å². The Morgan fingerprint density at radius 1 is 1.33 bits per heavy atom. The van der Waals surface area contributed by atoms with Crippen LogP contribution in [0.25, 0.3) is 0 Å². The molecule has 1 aromatic rings. The van der Waals surface area contributed by atoms with Crippen LogP contribution in [0.2, 0.25) is 0 Å². The molecule has 3 N–H and O–H groups in total. The topological polar surface area (TPSA) is 95.7 Å². The summed E-state index contributed by atoms with van der Waals surface area (Å²) in [5, 5.41) is 2.73. The first kappa shape index (κ1) is 14.6. The second kappa shape index (κ2) is 5.15. The predicted octanol–water partition coefficient (Wildman–Crippen LogP) is 0.429. The Bertz CT molecular complexity index is 694. The molecule has 21 heavy (non-hydrogen) atoms. The Labute approximate surface area is 131 Å². The lowest BCUT2D eigenvalue weighted by Crippen LogP contribution is -2.53. The van der Waals surface area contributed by atoms with Gasteiger partial charge in [0.15, 0.2) is 0 Å². The van der Waals surface area contributed by atoms with Crippen molar-refractivity contribution in [2.75, 3.05) is 31.9 Å². The third-order valence-corrected chi connectivity index (χ3v) is 6.63. The Kier molecular flexibility index (Phi) is 3.58. The number of piperazine rings is 1. The van der Waals surface area contributed by atoms with E-state index in [4.69, 9.17) is 5.73 Å². The summed E-state index contributed by atoms with van der Waals surface area (Å²) in [5.74, 6) is 0. The summed E-state index contributed by atoms with van der Waals surface area (Å²) in [6, 6.07) is 4.48. The average Bonchev–Trinajstić information content (AvgIpc) is 2.82. The first-order valence-electron chi connectivity index (χ1n) is 6.49. The minimum atomic E-state index is -3.63. The van der Waals surface area contributed by atoms with Crippen molar-refractivity contribution in [3.8, 4) is 0 Å². The Morgan fingerprint density at radius 2 is 2.10 bits per heavy atom. The number of halogens is 1. The van der Waals surface area contributed by atoms with Crippen molar-refractivity contribution in [2.24, 2.45) is 0 Å². The zero-order valence-electron chi connectivity index (χ0n) is 11.1. The van der Waals surface area contributed by atoms with Crippen LogP contribution in [0.15, 0.2) is 27.6 Å². The van der Waals surface area contributed by atoms with Crippen LogP contribution < -0.4 is 11.1 Å². The Balaban J connectivity index is 1.89. The molecule has 114 valence electrons. The van der Waals surface area contributed by atoms with Crippen molar-refractivity contribution in [3.63, 3.8) is 0 Å². The van der Waals surface area contributed by atoms with Crippen LogP contribution in [-0.4, -0.2) is 55.9 Å². The minimum absolute atomic E-state index is 0.110. The smallest absolute Gasteiger partial charge is 0.317 e. The Hall–Kier alpha value is -1.32. The van der Waals surface area contributed by atoms with Crippen LogP contribution >= 0.6 is 15.9 Å². The van der Waals surface area contributed by atoms with E-state index < -0.39 is 10.0 Å². The van der Waals surface area contributed by atoms with Gasteiger partial charge in [-0.3, -0.25) is 0 Å². The molecule has 2 fully saturated rings. The summed E-state index contributed by atoms with van der Waals surface area (Å²) >= 11 is 3.26. The standard InChI is InChI=1S/C12H15BrN4O3S/c13-10-2-1-8(14)5-11(10)21(19,20)16-3-4-17-9(7-16)6-15-12(17)18/h1-2,5,9H,3-4,6-7,14H2,(H,15,18). The first-order chi connectivity index (χ1) is 9.89. The van der Waals surface area contributed by atoms with Crippen molar-refractivity contribution in [3.05, 3.63) is 22.7 Å². The van der Waals surface area contributed by atoms with Crippen LogP contribution in [0.3, 0.4) is 0 Å². The molecule has 1 unspecified atom stereocenters. The van der Waals surface area contributed by atoms with E-state index in [0.29, 0.717) is 29.8 Å². The molecule has 0 spiro atoms. The highest BCUT2D eigenvalue weighted by Gasteiger charge is 2.40. The summed E-state index contributed by atoms with van der Waals surface area (Å²) < 4.78 is 27.4. The number of sulfonamides is 1. The molecule has 0 aromatic heterocycles. The van der Waals surface area contributed by atoms with Gasteiger partial charge in [-0.25, -0.2) is 13.2 Å². The molecule has 7 nitrogen and oxygen atoms in total. The fourth-order valence-electron chi connectivity index (χ4n) is 2.65. The molecule has 9 heteroatoms. The number of urea groups is 1. The number of fused-ring (bicyclic) bond motifs is 1. The largest absolute Gasteiger partial charge is 0.399 e. The molecule has 2 aliphatic rings. The van der Waals surface area contributed by atoms with Crippen molar-refractivity contribution >= 4 is 37.7 Å². The van der Waals surface area contributed by atoms with E-state index in [0.717, 1.165) is 0 Å². The minimum Gasteiger partial charge on any atom is -0.399 e. The van der Waals surface area contributed by atoms with Gasteiger partial charge in [-0.05, 0) is 34.1 Å². The summed E-state index contributed by atoms with van der Waals surface area (Å²) in [5.41, 5.74) is 6.09. The van der Waals surface area contributed by atoms with Gasteiger partial charge in [0.25, 0.3) is 0 Å². The lowest BCUT2D eigenvalue weighted by molar-refractivity contribution is 0.164. The van der Waals surface area contributed by atoms with Gasteiger partial charge in [0.05, 0.1) is 10.9 Å². The number of nitrogens with one attached hydrogen (secondary N) is 1. The SMILES string of the molecule is Nc1ccc(Br)c(S(=O)(=O)N2CCN3C(=O)NCC3C2)c1. The number of nitrogens with two attached hydrogens (primary N) is 1. The van der Waals surface area contributed by atoms with Gasteiger partial charge in [-0.15, -0.1) is 0 Å². The van der Waals surface area contributed by atoms with Crippen LogP contribution in [0.1, 0.15) is 0 Å². The number of rotatable bonds is 2. The highest BCUT2D eigenvalue weighted by molar-refractivity contribution is 9.10. The number of amides is 2. The summed E-state index contributed by atoms with van der Waals surface area (Å²) in [4.78, 5) is 13.4. The lowest BCUT2D eigenvalue weighted by atomic mass is 10.2. The molecular formula is C12H15BrN4O3S. The fourth-order valence-corrected chi connectivity index (χ4v) is 5.08. The van der Waals surface area contributed by atoms with Gasteiger partial charge in [0, 0.05) is 36.3 Å². The van der Waals surface area contributed by atoms with Gasteiger partial charge in [-0.1, -0.05) is 0 Å². The normalized spacial score (nSPS) is 23.0. The molecule has 0 saturated carbocycles. The molecule has 1 atom stereocenters. The van der Waals surface area contributed by atoms with Crippen LogP contribution in [0.5, 0.6) is 0 Å². The number of carbonyl (C=O) groups excluding carboxylic acids is 1. The van der Waals surface area contributed by atoms with Crippen molar-refractivity contribution in [1.82, 2.24) is 14.5 Å². The molecular weight excluding hydrogens is 360 g/mol. The van der Waals surface area contributed by atoms with Gasteiger partial charge in [0.2, 0.25) is 10.0 Å². The summed E-state index contributed by atoms with van der Waals surface area (Å²) in [6.07, 6.45) is 0. The van der Waals surface area contributed by atoms with Crippen molar-refractivity contribution in [2.45, 2.75) is 10.9 Å². The maximum Gasteiger partial charge on any atom is 0.317 e. The second-order valence-electron chi connectivity index (χ2n) is 5.09. The van der Waals surface area contributed by atoms with Crippen LogP contribution in [-0.2, 0) is 10.0 Å². The van der Waals surface area contributed by atoms with Crippen LogP contribution in [0.4, 0.5) is 10.5 Å². The summed E-state index contributed by atoms with van der Waals surface area (Å²) in [7, 11) is -3.63. The van der Waals surface area contributed by atoms with E-state index in [9.17, 15) is 13.2 Å². The molecule has 2 aliphatic heterocycles. The van der Waals surface area contributed by atoms with Gasteiger partial charge >= 0.3 is 6.03 Å². The number of anilines is 1. The number of carbonyl (C=O) groups is 1. The average molecular weight is 375 g/mol. The Morgan fingerprint density at radius 3 is 2.86 bits per heavy atom. The number of nitrogen functional groups attached to an aromatic ring is 1. The molecule has 2 heterocycles. The maximum absolute atomic E-state index is 12.7. The van der Waals surface area contributed by atoms with E-state index in [1.165, 1.54) is 10.4 Å². The van der Waals surface area contributed by atoms with Crippen LogP contribution in [0, 0.1) is 0 Å². The molecule has 0 radical (unpaired) electrons. The highest BCUT2D eigenvalue weighted by Crippen LogP contribution is 2.29. The van der Waals surface area contributed by atoms with Gasteiger partial charge < -0.3 is 16.0 Å². The lowest BCUT2D eigenvalue weighted by Gasteiger charge is -2.35. The van der Waals surface area contributed by atoms with Crippen molar-refractivity contribution in [1.29, 1.82) is 0 Å². The zero-order valence-corrected chi connectivity index (χ0v) is 13.5. The molecule has 0 bridgehead atoms. The van der Waals surface area contributed by atoms with E-state index in [1.54, 1.807) is 17.0 Å². The molecule has 2 amide bonds. The molecule has 2 saturated heterocycles. The number of hydrogen-bond donors (Lipinski definition) is 2. The third-order valence-electron chi connectivity index (χ3n) is 3.77. The summed E-state index contributed by atoms with van der Waals surface area (Å²) in [6.45, 7) is 1.45. The zero-order chi connectivity index (χ0) is 15.2. The van der Waals surface area contributed by atoms with E-state index in [1.807, 2.05) is 0 Å². The first-order valence-corrected chi connectivity index (χ1v) is 8.72. The third kappa shape index (κ3) is 2.49. The van der Waals surface area contributed by atoms with E-state index >= 15 is 0 Å². The number of hydrogen-bond acceptors (Lipinski definition) is 4. The number of nitrogens with zero attached hydrogens (tertiary/aromatic N) is 2. The second-order valence-corrected chi connectivity index (χ2v) is 7.85. The molecule has 0 aliphatic carbocycles. The fraction of sp³-hybridized carbons (Fsp3) is 0.417. The molecule has 1 aromatic carbocycles. The van der Waals surface area contributed by atoms with Gasteiger partial charge in [-0.2, -0.15) is 4.31 Å².